The summed E-state index contributed by atoms with van der Waals surface area (Å²) in [5.74, 6) is 1.40. The maximum Gasteiger partial charge on any atom is 0.273 e. The van der Waals surface area contributed by atoms with E-state index in [-0.39, 0.29) is 12.0 Å². The van der Waals surface area contributed by atoms with E-state index in [1.165, 1.54) is 11.3 Å². The van der Waals surface area contributed by atoms with Gasteiger partial charge in [-0.15, -0.1) is 11.3 Å². The Morgan fingerprint density at radius 1 is 1.23 bits per heavy atom. The van der Waals surface area contributed by atoms with Gasteiger partial charge in [0.05, 0.1) is 6.10 Å². The Bertz CT molecular complexity index is 676. The summed E-state index contributed by atoms with van der Waals surface area (Å²) in [7, 11) is 0. The van der Waals surface area contributed by atoms with Crippen molar-refractivity contribution in [1.82, 2.24) is 19.9 Å². The van der Waals surface area contributed by atoms with Crippen LogP contribution in [0, 0.1) is 11.8 Å². The van der Waals surface area contributed by atoms with Crippen LogP contribution in [0.25, 0.3) is 10.8 Å². The van der Waals surface area contributed by atoms with Crippen LogP contribution < -0.4 is 0 Å². The number of carbonyl (C=O) groups is 1. The molecule has 2 aliphatic rings. The summed E-state index contributed by atoms with van der Waals surface area (Å²) < 4.78 is 0. The monoisotopic (exact) mass is 316 g/mol. The summed E-state index contributed by atoms with van der Waals surface area (Å²) in [4.78, 5) is 27.1. The number of aliphatic hydroxyl groups excluding tert-OH is 1. The molecule has 0 bridgehead atoms. The molecule has 7 heteroatoms. The zero-order valence-corrected chi connectivity index (χ0v) is 12.7. The fraction of sp³-hybridized carbons (Fsp3) is 0.467. The van der Waals surface area contributed by atoms with E-state index in [1.807, 2.05) is 4.90 Å². The van der Waals surface area contributed by atoms with Crippen LogP contribution in [0.1, 0.15) is 23.3 Å². The smallest absolute Gasteiger partial charge is 0.273 e. The second-order valence-electron chi connectivity index (χ2n) is 5.97. The molecule has 2 aromatic rings. The molecule has 1 aliphatic carbocycles. The molecular weight excluding hydrogens is 300 g/mol. The van der Waals surface area contributed by atoms with E-state index in [0.717, 1.165) is 25.9 Å². The van der Waals surface area contributed by atoms with Crippen molar-refractivity contribution < 1.29 is 9.90 Å². The van der Waals surface area contributed by atoms with Crippen LogP contribution in [0.3, 0.4) is 0 Å². The Labute approximate surface area is 131 Å². The molecule has 22 heavy (non-hydrogen) atoms. The Kier molecular flexibility index (Phi) is 3.38. The van der Waals surface area contributed by atoms with Crippen LogP contribution in [0.2, 0.25) is 0 Å². The lowest BCUT2D eigenvalue weighted by molar-refractivity contribution is 0.0760. The molecular formula is C15H16N4O2S. The van der Waals surface area contributed by atoms with Gasteiger partial charge in [0, 0.05) is 30.9 Å². The number of nitrogens with zero attached hydrogens (tertiary/aromatic N) is 4. The molecule has 2 fully saturated rings. The lowest BCUT2D eigenvalue weighted by Crippen LogP contribution is -2.30. The van der Waals surface area contributed by atoms with Crippen LogP contribution in [-0.4, -0.2) is 50.1 Å². The molecule has 1 unspecified atom stereocenters. The minimum Gasteiger partial charge on any atom is -0.393 e. The number of hydrogen-bond donors (Lipinski definition) is 1. The van der Waals surface area contributed by atoms with Gasteiger partial charge in [0.1, 0.15) is 5.69 Å². The molecule has 1 N–H and O–H groups in total. The second kappa shape index (κ2) is 5.40. The van der Waals surface area contributed by atoms with Gasteiger partial charge in [-0.05, 0) is 30.7 Å². The van der Waals surface area contributed by atoms with E-state index >= 15 is 0 Å². The molecule has 6 nitrogen and oxygen atoms in total. The van der Waals surface area contributed by atoms with Crippen LogP contribution >= 0.6 is 11.3 Å². The van der Waals surface area contributed by atoms with Crippen molar-refractivity contribution in [3.63, 3.8) is 0 Å². The minimum absolute atomic E-state index is 0.0256. The molecule has 2 aromatic heterocycles. The number of aromatic nitrogens is 3. The standard InChI is InChI=1S/C15H16N4O2S/c20-11-4-9-6-19(7-10(9)5-11)15(21)12-8-22-14(18-12)13-16-2-1-3-17-13/h1-3,8-11,20H,4-7H2/t9-,10+,11?. The molecule has 0 radical (unpaired) electrons. The van der Waals surface area contributed by atoms with Gasteiger partial charge < -0.3 is 10.0 Å². The zero-order chi connectivity index (χ0) is 15.1. The van der Waals surface area contributed by atoms with Crippen molar-refractivity contribution in [3.8, 4) is 10.8 Å². The summed E-state index contributed by atoms with van der Waals surface area (Å²) in [6, 6.07) is 1.75. The van der Waals surface area contributed by atoms with Gasteiger partial charge in [-0.25, -0.2) is 15.0 Å². The number of carbonyl (C=O) groups excluding carboxylic acids is 1. The Hall–Kier alpha value is -1.86. The average Bonchev–Trinajstić information content (AvgIpc) is 3.21. The van der Waals surface area contributed by atoms with Gasteiger partial charge in [-0.3, -0.25) is 4.79 Å². The summed E-state index contributed by atoms with van der Waals surface area (Å²) in [5, 5.41) is 12.1. The van der Waals surface area contributed by atoms with E-state index in [2.05, 4.69) is 15.0 Å². The maximum absolute atomic E-state index is 12.6. The normalized spacial score (nSPS) is 27.1. The fourth-order valence-electron chi connectivity index (χ4n) is 3.48. The maximum atomic E-state index is 12.6. The van der Waals surface area contributed by atoms with Crippen LogP contribution in [0.15, 0.2) is 23.8 Å². The average molecular weight is 316 g/mol. The first-order valence-electron chi connectivity index (χ1n) is 7.41. The SMILES string of the molecule is O=C(c1csc(-c2ncccn2)n1)N1C[C@H]2CC(O)C[C@H]2C1. The Balaban J connectivity index is 1.49. The summed E-state index contributed by atoms with van der Waals surface area (Å²) >= 11 is 1.39. The van der Waals surface area contributed by atoms with Crippen molar-refractivity contribution in [1.29, 1.82) is 0 Å². The molecule has 1 saturated carbocycles. The van der Waals surface area contributed by atoms with E-state index in [9.17, 15) is 9.90 Å². The van der Waals surface area contributed by atoms with Crippen LogP contribution in [0.5, 0.6) is 0 Å². The molecule has 1 saturated heterocycles. The molecule has 3 atom stereocenters. The number of hydrogen-bond acceptors (Lipinski definition) is 6. The van der Waals surface area contributed by atoms with E-state index in [1.54, 1.807) is 23.8 Å². The van der Waals surface area contributed by atoms with E-state index in [0.29, 0.717) is 28.4 Å². The van der Waals surface area contributed by atoms with Crippen molar-refractivity contribution in [2.24, 2.45) is 11.8 Å². The molecule has 3 heterocycles. The number of rotatable bonds is 2. The van der Waals surface area contributed by atoms with Gasteiger partial charge in [0.2, 0.25) is 0 Å². The first kappa shape index (κ1) is 13.8. The third kappa shape index (κ3) is 2.40. The van der Waals surface area contributed by atoms with Crippen molar-refractivity contribution in [3.05, 3.63) is 29.5 Å². The third-order valence-corrected chi connectivity index (χ3v) is 5.33. The highest BCUT2D eigenvalue weighted by atomic mass is 32.1. The predicted molar refractivity (Wildman–Crippen MR) is 81.3 cm³/mol. The molecule has 114 valence electrons. The zero-order valence-electron chi connectivity index (χ0n) is 11.9. The van der Waals surface area contributed by atoms with Crippen molar-refractivity contribution >= 4 is 17.2 Å². The number of aliphatic hydroxyl groups is 1. The predicted octanol–water partition coefficient (Wildman–Crippen LogP) is 1.44. The summed E-state index contributed by atoms with van der Waals surface area (Å²) in [5.41, 5.74) is 0.466. The van der Waals surface area contributed by atoms with Gasteiger partial charge in [0.25, 0.3) is 5.91 Å². The Morgan fingerprint density at radius 2 is 1.91 bits per heavy atom. The highest BCUT2D eigenvalue weighted by Crippen LogP contribution is 2.38. The first-order chi connectivity index (χ1) is 10.7. The van der Waals surface area contributed by atoms with E-state index < -0.39 is 0 Å². The number of fused-ring (bicyclic) bond motifs is 1. The highest BCUT2D eigenvalue weighted by Gasteiger charge is 2.42. The number of likely N-dealkylation sites (tertiary alicyclic amines) is 1. The Morgan fingerprint density at radius 3 is 2.59 bits per heavy atom. The van der Waals surface area contributed by atoms with Crippen molar-refractivity contribution in [2.75, 3.05) is 13.1 Å². The highest BCUT2D eigenvalue weighted by molar-refractivity contribution is 7.13. The number of thiazole rings is 1. The van der Waals surface area contributed by atoms with Crippen LogP contribution in [-0.2, 0) is 0 Å². The second-order valence-corrected chi connectivity index (χ2v) is 6.82. The molecule has 0 aromatic carbocycles. The minimum atomic E-state index is -0.187. The molecule has 4 rings (SSSR count). The van der Waals surface area contributed by atoms with E-state index in [4.69, 9.17) is 0 Å². The van der Waals surface area contributed by atoms with Crippen LogP contribution in [0.4, 0.5) is 0 Å². The topological polar surface area (TPSA) is 79.2 Å². The lowest BCUT2D eigenvalue weighted by Gasteiger charge is -2.16. The molecule has 1 amide bonds. The molecule has 1 aliphatic heterocycles. The first-order valence-corrected chi connectivity index (χ1v) is 8.29. The van der Waals surface area contributed by atoms with Gasteiger partial charge in [-0.2, -0.15) is 0 Å². The number of amides is 1. The van der Waals surface area contributed by atoms with Crippen molar-refractivity contribution in [2.45, 2.75) is 18.9 Å². The lowest BCUT2D eigenvalue weighted by atomic mass is 10.0. The fourth-order valence-corrected chi connectivity index (χ4v) is 4.22. The summed E-state index contributed by atoms with van der Waals surface area (Å²) in [6.07, 6.45) is 4.77. The van der Waals surface area contributed by atoms with Gasteiger partial charge in [-0.1, -0.05) is 0 Å². The largest absolute Gasteiger partial charge is 0.393 e. The third-order valence-electron chi connectivity index (χ3n) is 4.49. The summed E-state index contributed by atoms with van der Waals surface area (Å²) in [6.45, 7) is 1.46. The van der Waals surface area contributed by atoms with Gasteiger partial charge in [0.15, 0.2) is 10.8 Å². The van der Waals surface area contributed by atoms with Gasteiger partial charge >= 0.3 is 0 Å². The molecule has 0 spiro atoms. The quantitative estimate of drug-likeness (QED) is 0.907.